The van der Waals surface area contributed by atoms with Gasteiger partial charge in [0.25, 0.3) is 0 Å². The van der Waals surface area contributed by atoms with Crippen LogP contribution in [-0.2, 0) is 11.2 Å². The number of hydrogen-bond donors (Lipinski definition) is 2. The molecule has 1 heterocycles. The highest BCUT2D eigenvalue weighted by Crippen LogP contribution is 2.21. The van der Waals surface area contributed by atoms with Gasteiger partial charge in [-0.25, -0.2) is 0 Å². The van der Waals surface area contributed by atoms with E-state index in [2.05, 4.69) is 64.7 Å². The number of likely N-dealkylation sites (tertiary alicyclic amines) is 1. The van der Waals surface area contributed by atoms with Gasteiger partial charge in [0.05, 0.1) is 6.54 Å². The van der Waals surface area contributed by atoms with Crippen LogP contribution in [0.15, 0.2) is 35.3 Å². The number of amides is 1. The summed E-state index contributed by atoms with van der Waals surface area (Å²) in [6, 6.07) is 10.8. The van der Waals surface area contributed by atoms with Crippen LogP contribution in [0.5, 0.6) is 0 Å². The molecule has 1 saturated heterocycles. The van der Waals surface area contributed by atoms with E-state index in [-0.39, 0.29) is 5.91 Å². The van der Waals surface area contributed by atoms with E-state index in [1.807, 2.05) is 0 Å². The van der Waals surface area contributed by atoms with E-state index >= 15 is 0 Å². The maximum absolute atomic E-state index is 11.7. The molecule has 1 aromatic rings. The number of benzene rings is 1. The Bertz CT molecular complexity index is 550. The van der Waals surface area contributed by atoms with Crippen molar-refractivity contribution < 1.29 is 4.79 Å². The highest BCUT2D eigenvalue weighted by molar-refractivity contribution is 5.81. The zero-order valence-corrected chi connectivity index (χ0v) is 16.3. The van der Waals surface area contributed by atoms with Crippen LogP contribution < -0.4 is 10.6 Å². The Morgan fingerprint density at radius 1 is 1.15 bits per heavy atom. The highest BCUT2D eigenvalue weighted by atomic mass is 16.1. The van der Waals surface area contributed by atoms with Gasteiger partial charge in [-0.1, -0.05) is 37.3 Å². The van der Waals surface area contributed by atoms with Crippen LogP contribution in [-0.4, -0.2) is 49.5 Å². The Morgan fingerprint density at radius 3 is 2.54 bits per heavy atom. The molecule has 0 aromatic heterocycles. The molecule has 1 aromatic carbocycles. The zero-order valence-electron chi connectivity index (χ0n) is 16.3. The first-order chi connectivity index (χ1) is 12.7. The molecule has 2 N–H and O–H groups in total. The molecule has 0 bridgehead atoms. The van der Waals surface area contributed by atoms with Crippen LogP contribution in [0, 0.1) is 5.92 Å². The monoisotopic (exact) mass is 358 g/mol. The first kappa shape index (κ1) is 20.3. The highest BCUT2D eigenvalue weighted by Gasteiger charge is 2.21. The van der Waals surface area contributed by atoms with E-state index in [4.69, 9.17) is 0 Å². The molecule has 144 valence electrons. The van der Waals surface area contributed by atoms with Crippen molar-refractivity contribution >= 4 is 11.9 Å². The second-order valence-electron chi connectivity index (χ2n) is 6.96. The lowest BCUT2D eigenvalue weighted by molar-refractivity contribution is -0.120. The molecule has 0 radical (unpaired) electrons. The third kappa shape index (κ3) is 7.06. The van der Waals surface area contributed by atoms with E-state index in [0.29, 0.717) is 13.0 Å². The molecule has 1 fully saturated rings. The van der Waals surface area contributed by atoms with E-state index in [9.17, 15) is 4.79 Å². The number of nitrogens with zero attached hydrogens (tertiary/aromatic N) is 2. The number of nitrogens with one attached hydrogen (secondary N) is 2. The van der Waals surface area contributed by atoms with Crippen molar-refractivity contribution in [2.75, 3.05) is 32.7 Å². The van der Waals surface area contributed by atoms with Gasteiger partial charge in [-0.2, -0.15) is 0 Å². The molecule has 1 aliphatic heterocycles. The molecule has 0 saturated carbocycles. The summed E-state index contributed by atoms with van der Waals surface area (Å²) in [5, 5.41) is 6.28. The van der Waals surface area contributed by atoms with E-state index in [1.54, 1.807) is 0 Å². The van der Waals surface area contributed by atoms with E-state index in [0.717, 1.165) is 44.5 Å². The molecule has 0 atom stereocenters. The molecule has 5 heteroatoms. The Labute approximate surface area is 158 Å². The maximum Gasteiger partial charge on any atom is 0.221 e. The smallest absolute Gasteiger partial charge is 0.221 e. The fraction of sp³-hybridized carbons (Fsp3) is 0.619. The minimum Gasteiger partial charge on any atom is -0.357 e. The number of carbonyl (C=O) groups is 1. The Balaban J connectivity index is 1.79. The van der Waals surface area contributed by atoms with E-state index in [1.165, 1.54) is 24.8 Å². The molecular weight excluding hydrogens is 324 g/mol. The molecule has 2 rings (SSSR count). The molecule has 1 aliphatic rings. The van der Waals surface area contributed by atoms with Gasteiger partial charge in [-0.15, -0.1) is 0 Å². The number of hydrogen-bond acceptors (Lipinski definition) is 2. The molecule has 0 spiro atoms. The summed E-state index contributed by atoms with van der Waals surface area (Å²) in [5.74, 6) is 1.79. The van der Waals surface area contributed by atoms with Crippen molar-refractivity contribution in [1.29, 1.82) is 0 Å². The number of carbonyl (C=O) groups excluding carboxylic acids is 1. The lowest BCUT2D eigenvalue weighted by atomic mass is 9.90. The Kier molecular flexibility index (Phi) is 9.01. The number of rotatable bonds is 8. The van der Waals surface area contributed by atoms with Gasteiger partial charge in [-0.3, -0.25) is 9.79 Å². The molecule has 1 amide bonds. The summed E-state index contributed by atoms with van der Waals surface area (Å²) in [6.07, 6.45) is 4.97. The lowest BCUT2D eigenvalue weighted by Crippen LogP contribution is -2.46. The van der Waals surface area contributed by atoms with Gasteiger partial charge in [0.15, 0.2) is 5.96 Å². The summed E-state index contributed by atoms with van der Waals surface area (Å²) in [6.45, 7) is 8.36. The number of aliphatic imine (C=N–C) groups is 1. The van der Waals surface area contributed by atoms with Crippen molar-refractivity contribution in [3.05, 3.63) is 35.9 Å². The van der Waals surface area contributed by atoms with Gasteiger partial charge >= 0.3 is 0 Å². The van der Waals surface area contributed by atoms with Crippen LogP contribution >= 0.6 is 0 Å². The molecule has 26 heavy (non-hydrogen) atoms. The number of piperidine rings is 1. The maximum atomic E-state index is 11.7. The topological polar surface area (TPSA) is 56.7 Å². The van der Waals surface area contributed by atoms with Gasteiger partial charge in [0.2, 0.25) is 5.91 Å². The van der Waals surface area contributed by atoms with Crippen LogP contribution in [0.25, 0.3) is 0 Å². The molecule has 0 aliphatic carbocycles. The number of guanidine groups is 1. The molecular formula is C21H34N4O. The van der Waals surface area contributed by atoms with Gasteiger partial charge in [0.1, 0.15) is 0 Å². The van der Waals surface area contributed by atoms with Crippen LogP contribution in [0.1, 0.15) is 45.1 Å². The van der Waals surface area contributed by atoms with Crippen molar-refractivity contribution in [2.45, 2.75) is 46.0 Å². The predicted molar refractivity (Wildman–Crippen MR) is 108 cm³/mol. The minimum atomic E-state index is 0.0908. The molecule has 5 nitrogen and oxygen atoms in total. The van der Waals surface area contributed by atoms with Crippen LogP contribution in [0.2, 0.25) is 0 Å². The summed E-state index contributed by atoms with van der Waals surface area (Å²) in [7, 11) is 0. The quantitative estimate of drug-likeness (QED) is 0.555. The van der Waals surface area contributed by atoms with E-state index < -0.39 is 0 Å². The Hall–Kier alpha value is -2.04. The van der Waals surface area contributed by atoms with Crippen molar-refractivity contribution in [3.63, 3.8) is 0 Å². The summed E-state index contributed by atoms with van der Waals surface area (Å²) < 4.78 is 0. The summed E-state index contributed by atoms with van der Waals surface area (Å²) in [4.78, 5) is 18.7. The fourth-order valence-corrected chi connectivity index (χ4v) is 3.34. The van der Waals surface area contributed by atoms with Crippen LogP contribution in [0.3, 0.4) is 0 Å². The van der Waals surface area contributed by atoms with Crippen molar-refractivity contribution in [3.8, 4) is 0 Å². The third-order valence-electron chi connectivity index (χ3n) is 4.79. The largest absolute Gasteiger partial charge is 0.357 e. The van der Waals surface area contributed by atoms with Gasteiger partial charge < -0.3 is 15.5 Å². The summed E-state index contributed by atoms with van der Waals surface area (Å²) >= 11 is 0. The Morgan fingerprint density at radius 2 is 1.88 bits per heavy atom. The van der Waals surface area contributed by atoms with Crippen molar-refractivity contribution in [2.24, 2.45) is 10.9 Å². The lowest BCUT2D eigenvalue weighted by Gasteiger charge is -2.34. The minimum absolute atomic E-state index is 0.0908. The normalized spacial score (nSPS) is 15.8. The standard InChI is InChI=1S/C21H34N4O/c1-3-13-23-20(26)10-14-24-21(22-4-2)25-15-11-19(12-16-25)17-18-8-6-5-7-9-18/h5-9,19H,3-4,10-17H2,1-2H3,(H,22,24)(H,23,26). The van der Waals surface area contributed by atoms with Gasteiger partial charge in [0, 0.05) is 32.6 Å². The average molecular weight is 359 g/mol. The average Bonchev–Trinajstić information content (AvgIpc) is 2.67. The van der Waals surface area contributed by atoms with Crippen molar-refractivity contribution in [1.82, 2.24) is 15.5 Å². The summed E-state index contributed by atoms with van der Waals surface area (Å²) in [5.41, 5.74) is 1.43. The molecule has 0 unspecified atom stereocenters. The zero-order chi connectivity index (χ0) is 18.6. The first-order valence-electron chi connectivity index (χ1n) is 10.1. The second-order valence-corrected chi connectivity index (χ2v) is 6.96. The van der Waals surface area contributed by atoms with Crippen LogP contribution in [0.4, 0.5) is 0 Å². The fourth-order valence-electron chi connectivity index (χ4n) is 3.34. The SMILES string of the molecule is CCCNC(=O)CCN=C(NCC)N1CCC(Cc2ccccc2)CC1. The third-order valence-corrected chi connectivity index (χ3v) is 4.79. The van der Waals surface area contributed by atoms with Gasteiger partial charge in [-0.05, 0) is 44.1 Å². The first-order valence-corrected chi connectivity index (χ1v) is 10.1. The predicted octanol–water partition coefficient (Wildman–Crippen LogP) is 2.82. The second kappa shape index (κ2) is 11.6.